The van der Waals surface area contributed by atoms with E-state index in [0.29, 0.717) is 5.82 Å². The van der Waals surface area contributed by atoms with Gasteiger partial charge in [-0.2, -0.15) is 0 Å². The molecule has 0 aliphatic carbocycles. The van der Waals surface area contributed by atoms with Crippen molar-refractivity contribution in [2.24, 2.45) is 0 Å². The lowest BCUT2D eigenvalue weighted by molar-refractivity contribution is -0.116. The SMILES string of the molecule is Cc1cccc(NC(=O)Cn2c(C(C)O)nc3ccccc32)c1C. The highest BCUT2D eigenvalue weighted by molar-refractivity contribution is 5.92. The number of nitrogens with zero attached hydrogens (tertiary/aromatic N) is 2. The Balaban J connectivity index is 1.90. The number of fused-ring (bicyclic) bond motifs is 1. The lowest BCUT2D eigenvalue weighted by Crippen LogP contribution is -2.21. The van der Waals surface area contributed by atoms with Gasteiger partial charge < -0.3 is 15.0 Å². The standard InChI is InChI=1S/C19H21N3O2/c1-12-7-6-9-15(13(12)2)20-18(24)11-22-17-10-5-4-8-16(17)21-19(22)14(3)23/h4-10,14,23H,11H2,1-3H3,(H,20,24). The molecule has 0 saturated heterocycles. The van der Waals surface area contributed by atoms with Crippen LogP contribution in [0.15, 0.2) is 42.5 Å². The number of carbonyl (C=O) groups is 1. The molecule has 2 aromatic carbocycles. The van der Waals surface area contributed by atoms with Crippen LogP contribution in [0.1, 0.15) is 30.0 Å². The van der Waals surface area contributed by atoms with Crippen molar-refractivity contribution in [1.82, 2.24) is 9.55 Å². The number of hydrogen-bond acceptors (Lipinski definition) is 3. The first kappa shape index (κ1) is 16.2. The summed E-state index contributed by atoms with van der Waals surface area (Å²) in [5.74, 6) is 0.348. The molecule has 0 radical (unpaired) electrons. The molecule has 1 aromatic heterocycles. The van der Waals surface area contributed by atoms with E-state index in [1.54, 1.807) is 11.5 Å². The van der Waals surface area contributed by atoms with Gasteiger partial charge in [0.2, 0.25) is 5.91 Å². The van der Waals surface area contributed by atoms with Crippen LogP contribution in [-0.2, 0) is 11.3 Å². The van der Waals surface area contributed by atoms with Crippen molar-refractivity contribution in [2.75, 3.05) is 5.32 Å². The smallest absolute Gasteiger partial charge is 0.244 e. The Morgan fingerprint density at radius 2 is 1.96 bits per heavy atom. The molecule has 0 fully saturated rings. The van der Waals surface area contributed by atoms with E-state index in [0.717, 1.165) is 27.8 Å². The molecule has 1 unspecified atom stereocenters. The van der Waals surface area contributed by atoms with Gasteiger partial charge in [0.1, 0.15) is 18.5 Å². The van der Waals surface area contributed by atoms with Crippen LogP contribution in [0.4, 0.5) is 5.69 Å². The topological polar surface area (TPSA) is 67.2 Å². The fourth-order valence-electron chi connectivity index (χ4n) is 2.80. The Morgan fingerprint density at radius 3 is 2.71 bits per heavy atom. The Labute approximate surface area is 141 Å². The third-order valence-electron chi connectivity index (χ3n) is 4.24. The number of amides is 1. The van der Waals surface area contributed by atoms with Gasteiger partial charge in [0.05, 0.1) is 11.0 Å². The number of imidazole rings is 1. The van der Waals surface area contributed by atoms with E-state index >= 15 is 0 Å². The normalized spacial score (nSPS) is 12.3. The minimum atomic E-state index is -0.745. The van der Waals surface area contributed by atoms with Crippen molar-refractivity contribution in [3.63, 3.8) is 0 Å². The summed E-state index contributed by atoms with van der Waals surface area (Å²) in [6.45, 7) is 5.76. The molecule has 3 aromatic rings. The first-order chi connectivity index (χ1) is 11.5. The van der Waals surface area contributed by atoms with Crippen LogP contribution < -0.4 is 5.32 Å². The molecule has 24 heavy (non-hydrogen) atoms. The van der Waals surface area contributed by atoms with Crippen molar-refractivity contribution >= 4 is 22.6 Å². The number of para-hydroxylation sites is 2. The van der Waals surface area contributed by atoms with Crippen molar-refractivity contribution in [3.8, 4) is 0 Å². The number of aromatic nitrogens is 2. The maximum atomic E-state index is 12.5. The maximum absolute atomic E-state index is 12.5. The number of benzene rings is 2. The van der Waals surface area contributed by atoms with Crippen LogP contribution in [0.3, 0.4) is 0 Å². The second kappa shape index (κ2) is 6.45. The van der Waals surface area contributed by atoms with E-state index in [1.807, 2.05) is 56.3 Å². The quantitative estimate of drug-likeness (QED) is 0.774. The van der Waals surface area contributed by atoms with Crippen LogP contribution in [0, 0.1) is 13.8 Å². The van der Waals surface area contributed by atoms with Gasteiger partial charge in [-0.1, -0.05) is 24.3 Å². The Bertz CT molecular complexity index is 897. The molecule has 1 atom stereocenters. The fourth-order valence-corrected chi connectivity index (χ4v) is 2.80. The van der Waals surface area contributed by atoms with Crippen molar-refractivity contribution in [1.29, 1.82) is 0 Å². The summed E-state index contributed by atoms with van der Waals surface area (Å²) >= 11 is 0. The molecule has 0 bridgehead atoms. The molecular formula is C19H21N3O2. The molecule has 3 rings (SSSR count). The number of nitrogens with one attached hydrogen (secondary N) is 1. The summed E-state index contributed by atoms with van der Waals surface area (Å²) in [6.07, 6.45) is -0.745. The van der Waals surface area contributed by atoms with Gasteiger partial charge in [0, 0.05) is 5.69 Å². The molecule has 124 valence electrons. The third-order valence-corrected chi connectivity index (χ3v) is 4.24. The maximum Gasteiger partial charge on any atom is 0.244 e. The number of aliphatic hydroxyl groups excluding tert-OH is 1. The van der Waals surface area contributed by atoms with Crippen molar-refractivity contribution in [3.05, 3.63) is 59.4 Å². The minimum Gasteiger partial charge on any atom is -0.385 e. The summed E-state index contributed by atoms with van der Waals surface area (Å²) in [4.78, 5) is 17.0. The third kappa shape index (κ3) is 3.03. The van der Waals surface area contributed by atoms with E-state index in [2.05, 4.69) is 10.3 Å². The Kier molecular flexibility index (Phi) is 4.36. The van der Waals surface area contributed by atoms with E-state index in [9.17, 15) is 9.90 Å². The first-order valence-corrected chi connectivity index (χ1v) is 7.96. The molecular weight excluding hydrogens is 302 g/mol. The Hall–Kier alpha value is -2.66. The average Bonchev–Trinajstić information content (AvgIpc) is 2.91. The summed E-state index contributed by atoms with van der Waals surface area (Å²) in [5, 5.41) is 12.9. The van der Waals surface area contributed by atoms with Gasteiger partial charge in [-0.3, -0.25) is 4.79 Å². The van der Waals surface area contributed by atoms with E-state index < -0.39 is 6.10 Å². The lowest BCUT2D eigenvalue weighted by atomic mass is 10.1. The van der Waals surface area contributed by atoms with Crippen LogP contribution in [0.2, 0.25) is 0 Å². The number of hydrogen-bond donors (Lipinski definition) is 2. The van der Waals surface area contributed by atoms with E-state index in [4.69, 9.17) is 0 Å². The van der Waals surface area contributed by atoms with Crippen LogP contribution >= 0.6 is 0 Å². The van der Waals surface area contributed by atoms with Gasteiger partial charge in [-0.15, -0.1) is 0 Å². The van der Waals surface area contributed by atoms with Crippen LogP contribution in [0.25, 0.3) is 11.0 Å². The number of anilines is 1. The minimum absolute atomic E-state index is 0.105. The molecule has 0 aliphatic heterocycles. The predicted molar refractivity (Wildman–Crippen MR) is 94.9 cm³/mol. The zero-order valence-corrected chi connectivity index (χ0v) is 14.1. The van der Waals surface area contributed by atoms with Gasteiger partial charge in [-0.05, 0) is 50.1 Å². The average molecular weight is 323 g/mol. The molecule has 0 aliphatic rings. The fraction of sp³-hybridized carbons (Fsp3) is 0.263. The molecule has 5 heteroatoms. The van der Waals surface area contributed by atoms with Gasteiger partial charge in [0.15, 0.2) is 0 Å². The second-order valence-electron chi connectivity index (χ2n) is 6.02. The second-order valence-corrected chi connectivity index (χ2v) is 6.02. The lowest BCUT2D eigenvalue weighted by Gasteiger charge is -2.13. The highest BCUT2D eigenvalue weighted by atomic mass is 16.3. The van der Waals surface area contributed by atoms with Crippen LogP contribution in [-0.4, -0.2) is 20.6 Å². The van der Waals surface area contributed by atoms with Crippen molar-refractivity contribution in [2.45, 2.75) is 33.4 Å². The monoisotopic (exact) mass is 323 g/mol. The van der Waals surface area contributed by atoms with Crippen LogP contribution in [0.5, 0.6) is 0 Å². The molecule has 1 amide bonds. The number of aliphatic hydroxyl groups is 1. The molecule has 1 heterocycles. The van der Waals surface area contributed by atoms with Crippen molar-refractivity contribution < 1.29 is 9.90 Å². The van der Waals surface area contributed by atoms with Gasteiger partial charge in [-0.25, -0.2) is 4.98 Å². The zero-order chi connectivity index (χ0) is 17.3. The number of rotatable bonds is 4. The molecule has 0 spiro atoms. The predicted octanol–water partition coefficient (Wildman–Crippen LogP) is 3.35. The summed E-state index contributed by atoms with van der Waals surface area (Å²) in [5.41, 5.74) is 4.60. The molecule has 2 N–H and O–H groups in total. The summed E-state index contributed by atoms with van der Waals surface area (Å²) < 4.78 is 1.76. The first-order valence-electron chi connectivity index (χ1n) is 7.96. The van der Waals surface area contributed by atoms with Gasteiger partial charge in [0.25, 0.3) is 0 Å². The number of carbonyl (C=O) groups excluding carboxylic acids is 1. The molecule has 0 saturated carbocycles. The summed E-state index contributed by atoms with van der Waals surface area (Å²) in [7, 11) is 0. The highest BCUT2D eigenvalue weighted by Gasteiger charge is 2.17. The Morgan fingerprint density at radius 1 is 1.21 bits per heavy atom. The largest absolute Gasteiger partial charge is 0.385 e. The van der Waals surface area contributed by atoms with E-state index in [1.165, 1.54) is 0 Å². The van der Waals surface area contributed by atoms with E-state index in [-0.39, 0.29) is 12.5 Å². The molecule has 5 nitrogen and oxygen atoms in total. The highest BCUT2D eigenvalue weighted by Crippen LogP contribution is 2.22. The zero-order valence-electron chi connectivity index (χ0n) is 14.1. The summed E-state index contributed by atoms with van der Waals surface area (Å²) in [6, 6.07) is 13.4. The van der Waals surface area contributed by atoms with Gasteiger partial charge >= 0.3 is 0 Å². The number of aryl methyl sites for hydroxylation is 1.